The van der Waals surface area contributed by atoms with Crippen LogP contribution in [0.2, 0.25) is 0 Å². The first kappa shape index (κ1) is 13.5. The topological polar surface area (TPSA) is 26.2 Å². The number of rotatable bonds is 5. The Kier molecular flexibility index (Phi) is 3.77. The van der Waals surface area contributed by atoms with Crippen LogP contribution in [0, 0.1) is 5.82 Å². The van der Waals surface area contributed by atoms with Gasteiger partial charge in [0.2, 0.25) is 0 Å². The molecule has 1 heterocycles. The van der Waals surface area contributed by atoms with Crippen LogP contribution in [-0.4, -0.2) is 18.2 Å². The number of aromatic nitrogens is 1. The fraction of sp³-hybridized carbons (Fsp3) is 0.176. The lowest BCUT2D eigenvalue weighted by Gasteiger charge is -2.09. The van der Waals surface area contributed by atoms with E-state index < -0.39 is 0 Å². The zero-order valence-corrected chi connectivity index (χ0v) is 11.8. The molecule has 0 saturated heterocycles. The van der Waals surface area contributed by atoms with Crippen LogP contribution < -0.4 is 10.1 Å². The van der Waals surface area contributed by atoms with E-state index in [2.05, 4.69) is 16.0 Å². The summed E-state index contributed by atoms with van der Waals surface area (Å²) in [6.07, 6.45) is 2.02. The predicted molar refractivity (Wildman–Crippen MR) is 83.4 cm³/mol. The van der Waals surface area contributed by atoms with Gasteiger partial charge in [0.05, 0.1) is 18.3 Å². The van der Waals surface area contributed by atoms with Crippen LogP contribution in [0.15, 0.2) is 54.7 Å². The Bertz CT molecular complexity index is 751. The molecule has 2 aromatic carbocycles. The number of hydrogen-bond acceptors (Lipinski definition) is 2. The van der Waals surface area contributed by atoms with Gasteiger partial charge in [-0.05, 0) is 30.3 Å². The molecule has 4 heteroatoms. The molecule has 0 spiro atoms. The summed E-state index contributed by atoms with van der Waals surface area (Å²) in [5.41, 5.74) is 1.65. The molecule has 0 atom stereocenters. The van der Waals surface area contributed by atoms with E-state index in [1.807, 2.05) is 30.5 Å². The van der Waals surface area contributed by atoms with E-state index in [0.29, 0.717) is 12.2 Å². The van der Waals surface area contributed by atoms with E-state index >= 15 is 0 Å². The van der Waals surface area contributed by atoms with Crippen molar-refractivity contribution in [3.05, 3.63) is 60.5 Å². The second kappa shape index (κ2) is 5.87. The highest BCUT2D eigenvalue weighted by atomic mass is 19.1. The minimum atomic E-state index is -0.225. The summed E-state index contributed by atoms with van der Waals surface area (Å²) >= 11 is 0. The average Bonchev–Trinajstić information content (AvgIpc) is 2.92. The van der Waals surface area contributed by atoms with E-state index in [4.69, 9.17) is 4.74 Å². The number of benzene rings is 2. The van der Waals surface area contributed by atoms with Gasteiger partial charge < -0.3 is 14.6 Å². The molecule has 1 aromatic heterocycles. The summed E-state index contributed by atoms with van der Waals surface area (Å²) in [7, 11) is 1.67. The minimum Gasteiger partial charge on any atom is -0.496 e. The van der Waals surface area contributed by atoms with Crippen molar-refractivity contribution in [3.8, 4) is 5.75 Å². The summed E-state index contributed by atoms with van der Waals surface area (Å²) in [6, 6.07) is 14.7. The first-order valence-corrected chi connectivity index (χ1v) is 6.90. The van der Waals surface area contributed by atoms with Gasteiger partial charge >= 0.3 is 0 Å². The Morgan fingerprint density at radius 3 is 2.76 bits per heavy atom. The van der Waals surface area contributed by atoms with Crippen LogP contribution in [0.25, 0.3) is 10.9 Å². The van der Waals surface area contributed by atoms with Crippen molar-refractivity contribution >= 4 is 16.6 Å². The van der Waals surface area contributed by atoms with E-state index in [9.17, 15) is 4.39 Å². The van der Waals surface area contributed by atoms with Crippen LogP contribution >= 0.6 is 0 Å². The quantitative estimate of drug-likeness (QED) is 0.769. The van der Waals surface area contributed by atoms with Crippen molar-refractivity contribution in [2.75, 3.05) is 19.0 Å². The van der Waals surface area contributed by atoms with Gasteiger partial charge in [-0.25, -0.2) is 4.39 Å². The van der Waals surface area contributed by atoms with Gasteiger partial charge in [-0.1, -0.05) is 18.2 Å². The standard InChI is InChI=1S/C17H17FN2O/c1-21-17-8-4-7-16-13(17)9-11-20(16)12-10-19-15-6-3-2-5-14(15)18/h2-9,11,19H,10,12H2,1H3. The van der Waals surface area contributed by atoms with Gasteiger partial charge in [0.15, 0.2) is 0 Å². The highest BCUT2D eigenvalue weighted by Gasteiger charge is 2.05. The Morgan fingerprint density at radius 1 is 1.10 bits per heavy atom. The molecular weight excluding hydrogens is 267 g/mol. The second-order valence-electron chi connectivity index (χ2n) is 4.81. The maximum atomic E-state index is 13.5. The number of halogens is 1. The predicted octanol–water partition coefficient (Wildman–Crippen LogP) is 3.90. The summed E-state index contributed by atoms with van der Waals surface area (Å²) in [4.78, 5) is 0. The third-order valence-corrected chi connectivity index (χ3v) is 3.54. The maximum Gasteiger partial charge on any atom is 0.146 e. The van der Waals surface area contributed by atoms with E-state index in [0.717, 1.165) is 23.2 Å². The van der Waals surface area contributed by atoms with E-state index in [1.54, 1.807) is 19.2 Å². The molecule has 108 valence electrons. The zero-order chi connectivity index (χ0) is 14.7. The maximum absolute atomic E-state index is 13.5. The minimum absolute atomic E-state index is 0.225. The molecule has 0 bridgehead atoms. The van der Waals surface area contributed by atoms with Crippen molar-refractivity contribution in [1.82, 2.24) is 4.57 Å². The molecule has 0 saturated carbocycles. The lowest BCUT2D eigenvalue weighted by Crippen LogP contribution is -2.10. The van der Waals surface area contributed by atoms with Crippen LogP contribution in [-0.2, 0) is 6.54 Å². The molecule has 0 fully saturated rings. The number of nitrogens with one attached hydrogen (secondary N) is 1. The first-order chi connectivity index (χ1) is 10.3. The molecule has 0 aliphatic carbocycles. The number of methoxy groups -OCH3 is 1. The number of ether oxygens (including phenoxy) is 1. The number of anilines is 1. The first-order valence-electron chi connectivity index (χ1n) is 6.90. The average molecular weight is 284 g/mol. The normalized spacial score (nSPS) is 10.8. The summed E-state index contributed by atoms with van der Waals surface area (Å²) < 4.78 is 21.0. The van der Waals surface area contributed by atoms with E-state index in [1.165, 1.54) is 6.07 Å². The summed E-state index contributed by atoms with van der Waals surface area (Å²) in [5, 5.41) is 4.21. The van der Waals surface area contributed by atoms with Crippen molar-refractivity contribution < 1.29 is 9.13 Å². The summed E-state index contributed by atoms with van der Waals surface area (Å²) in [5.74, 6) is 0.643. The van der Waals surface area contributed by atoms with Gasteiger partial charge in [-0.15, -0.1) is 0 Å². The number of para-hydroxylation sites is 1. The highest BCUT2D eigenvalue weighted by molar-refractivity contribution is 5.86. The molecule has 1 N–H and O–H groups in total. The van der Waals surface area contributed by atoms with Crippen LogP contribution in [0.4, 0.5) is 10.1 Å². The molecule has 21 heavy (non-hydrogen) atoms. The number of nitrogens with zero attached hydrogens (tertiary/aromatic N) is 1. The monoisotopic (exact) mass is 284 g/mol. The Hall–Kier alpha value is -2.49. The smallest absolute Gasteiger partial charge is 0.146 e. The lowest BCUT2D eigenvalue weighted by molar-refractivity contribution is 0.420. The second-order valence-corrected chi connectivity index (χ2v) is 4.81. The highest BCUT2D eigenvalue weighted by Crippen LogP contribution is 2.26. The third kappa shape index (κ3) is 2.70. The molecule has 0 unspecified atom stereocenters. The lowest BCUT2D eigenvalue weighted by atomic mass is 10.2. The molecular formula is C17H17FN2O. The van der Waals surface area contributed by atoms with Crippen LogP contribution in [0.3, 0.4) is 0 Å². The van der Waals surface area contributed by atoms with Gasteiger partial charge in [-0.2, -0.15) is 0 Å². The van der Waals surface area contributed by atoms with Crippen molar-refractivity contribution in [1.29, 1.82) is 0 Å². The third-order valence-electron chi connectivity index (χ3n) is 3.54. The van der Waals surface area contributed by atoms with Gasteiger partial charge in [0.1, 0.15) is 11.6 Å². The molecule has 0 radical (unpaired) electrons. The molecule has 3 aromatic rings. The Balaban J connectivity index is 1.73. The Morgan fingerprint density at radius 2 is 1.95 bits per heavy atom. The van der Waals surface area contributed by atoms with Gasteiger partial charge in [-0.3, -0.25) is 0 Å². The molecule has 0 amide bonds. The molecule has 0 aliphatic rings. The van der Waals surface area contributed by atoms with Crippen molar-refractivity contribution in [2.45, 2.75) is 6.54 Å². The fourth-order valence-corrected chi connectivity index (χ4v) is 2.48. The fourth-order valence-electron chi connectivity index (χ4n) is 2.48. The van der Waals surface area contributed by atoms with Crippen LogP contribution in [0.5, 0.6) is 5.75 Å². The Labute approximate surface area is 123 Å². The van der Waals surface area contributed by atoms with Gasteiger partial charge in [0.25, 0.3) is 0 Å². The van der Waals surface area contributed by atoms with Crippen molar-refractivity contribution in [2.24, 2.45) is 0 Å². The summed E-state index contributed by atoms with van der Waals surface area (Å²) in [6.45, 7) is 1.41. The SMILES string of the molecule is COc1cccc2c1ccn2CCNc1ccccc1F. The molecule has 0 aliphatic heterocycles. The van der Waals surface area contributed by atoms with E-state index in [-0.39, 0.29) is 5.82 Å². The van der Waals surface area contributed by atoms with Crippen molar-refractivity contribution in [3.63, 3.8) is 0 Å². The zero-order valence-electron chi connectivity index (χ0n) is 11.8. The number of fused-ring (bicyclic) bond motifs is 1. The number of hydrogen-bond donors (Lipinski definition) is 1. The molecule has 3 rings (SSSR count). The molecule has 3 nitrogen and oxygen atoms in total. The van der Waals surface area contributed by atoms with Gasteiger partial charge in [0, 0.05) is 24.7 Å². The largest absolute Gasteiger partial charge is 0.496 e. The van der Waals surface area contributed by atoms with Crippen LogP contribution in [0.1, 0.15) is 0 Å².